The number of carbonyl (C=O) groups is 1. The van der Waals surface area contributed by atoms with E-state index in [0.717, 1.165) is 5.06 Å². The SMILES string of the molecule is CC(CO)CON(C)C(=O)OC(C)(C)C. The molecule has 0 aliphatic heterocycles. The lowest BCUT2D eigenvalue weighted by Gasteiger charge is -2.24. The first-order chi connectivity index (χ1) is 6.76. The molecule has 1 atom stereocenters. The largest absolute Gasteiger partial charge is 0.442 e. The van der Waals surface area contributed by atoms with Crippen LogP contribution in [0.2, 0.25) is 0 Å². The first-order valence-corrected chi connectivity index (χ1v) is 4.96. The summed E-state index contributed by atoms with van der Waals surface area (Å²) in [5.74, 6) is -0.00473. The number of aliphatic hydroxyl groups is 1. The molecule has 0 aliphatic rings. The molecule has 0 saturated carbocycles. The Morgan fingerprint density at radius 3 is 2.40 bits per heavy atom. The maximum Gasteiger partial charge on any atom is 0.434 e. The lowest BCUT2D eigenvalue weighted by Crippen LogP contribution is -2.35. The number of nitrogens with zero attached hydrogens (tertiary/aromatic N) is 1. The highest BCUT2D eigenvalue weighted by Gasteiger charge is 2.20. The molecule has 0 bridgehead atoms. The average Bonchev–Trinajstić information content (AvgIpc) is 2.10. The van der Waals surface area contributed by atoms with Crippen molar-refractivity contribution in [3.63, 3.8) is 0 Å². The molecule has 1 amide bonds. The van der Waals surface area contributed by atoms with Gasteiger partial charge in [-0.25, -0.2) is 4.79 Å². The van der Waals surface area contributed by atoms with Gasteiger partial charge in [-0.15, -0.1) is 0 Å². The summed E-state index contributed by atoms with van der Waals surface area (Å²) in [5, 5.41) is 9.80. The van der Waals surface area contributed by atoms with Crippen LogP contribution in [0.5, 0.6) is 0 Å². The molecule has 0 radical (unpaired) electrons. The third-order valence-corrected chi connectivity index (χ3v) is 1.51. The number of hydroxylamine groups is 2. The molecule has 0 saturated heterocycles. The van der Waals surface area contributed by atoms with Gasteiger partial charge in [0.2, 0.25) is 0 Å². The lowest BCUT2D eigenvalue weighted by molar-refractivity contribution is -0.142. The van der Waals surface area contributed by atoms with Gasteiger partial charge >= 0.3 is 6.09 Å². The Bertz CT molecular complexity index is 200. The molecule has 0 heterocycles. The second-order valence-corrected chi connectivity index (χ2v) is 4.56. The number of rotatable bonds is 4. The van der Waals surface area contributed by atoms with Gasteiger partial charge < -0.3 is 9.84 Å². The Hall–Kier alpha value is -0.810. The Kier molecular flexibility index (Phi) is 5.60. The molecule has 0 aromatic carbocycles. The zero-order valence-electron chi connectivity index (χ0n) is 10.1. The minimum atomic E-state index is -0.535. The molecule has 90 valence electrons. The fraction of sp³-hybridized carbons (Fsp3) is 0.900. The zero-order valence-corrected chi connectivity index (χ0v) is 10.1. The van der Waals surface area contributed by atoms with E-state index in [1.165, 1.54) is 7.05 Å². The van der Waals surface area contributed by atoms with E-state index in [-0.39, 0.29) is 19.1 Å². The molecule has 0 aromatic heterocycles. The summed E-state index contributed by atoms with van der Waals surface area (Å²) < 4.78 is 5.06. The number of hydrogen-bond donors (Lipinski definition) is 1. The first kappa shape index (κ1) is 14.2. The Labute approximate surface area is 90.9 Å². The highest BCUT2D eigenvalue weighted by molar-refractivity contribution is 5.66. The summed E-state index contributed by atoms with van der Waals surface area (Å²) in [4.78, 5) is 16.5. The van der Waals surface area contributed by atoms with Crippen LogP contribution >= 0.6 is 0 Å². The van der Waals surface area contributed by atoms with Crippen LogP contribution in [0.25, 0.3) is 0 Å². The van der Waals surface area contributed by atoms with Gasteiger partial charge in [0, 0.05) is 19.6 Å². The maximum absolute atomic E-state index is 11.4. The smallest absolute Gasteiger partial charge is 0.434 e. The second kappa shape index (κ2) is 5.92. The third kappa shape index (κ3) is 7.16. The molecule has 0 aromatic rings. The molecule has 5 nitrogen and oxygen atoms in total. The molecule has 15 heavy (non-hydrogen) atoms. The van der Waals surface area contributed by atoms with Crippen molar-refractivity contribution < 1.29 is 19.5 Å². The molecule has 1 unspecified atom stereocenters. The fourth-order valence-electron chi connectivity index (χ4n) is 0.671. The van der Waals surface area contributed by atoms with E-state index < -0.39 is 11.7 Å². The van der Waals surface area contributed by atoms with Crippen LogP contribution in [0.4, 0.5) is 4.79 Å². The van der Waals surface area contributed by atoms with E-state index in [0.29, 0.717) is 0 Å². The molecule has 1 N–H and O–H groups in total. The summed E-state index contributed by atoms with van der Waals surface area (Å²) in [6, 6.07) is 0. The van der Waals surface area contributed by atoms with Crippen molar-refractivity contribution >= 4 is 6.09 Å². The summed E-state index contributed by atoms with van der Waals surface area (Å²) in [7, 11) is 1.48. The lowest BCUT2D eigenvalue weighted by atomic mass is 10.2. The Balaban J connectivity index is 3.90. The van der Waals surface area contributed by atoms with Gasteiger partial charge in [0.25, 0.3) is 0 Å². The monoisotopic (exact) mass is 219 g/mol. The molecular weight excluding hydrogens is 198 g/mol. The molecule has 0 fully saturated rings. The normalized spacial score (nSPS) is 13.5. The van der Waals surface area contributed by atoms with Crippen molar-refractivity contribution in [2.75, 3.05) is 20.3 Å². The maximum atomic E-state index is 11.4. The molecular formula is C10H21NO4. The summed E-state index contributed by atoms with van der Waals surface area (Å²) >= 11 is 0. The van der Waals surface area contributed by atoms with E-state index in [2.05, 4.69) is 0 Å². The summed E-state index contributed by atoms with van der Waals surface area (Å²) in [6.45, 7) is 7.50. The number of aliphatic hydroxyl groups excluding tert-OH is 1. The van der Waals surface area contributed by atoms with Gasteiger partial charge in [-0.05, 0) is 20.8 Å². The van der Waals surface area contributed by atoms with E-state index in [4.69, 9.17) is 14.7 Å². The molecule has 0 rings (SSSR count). The van der Waals surface area contributed by atoms with Crippen molar-refractivity contribution in [3.05, 3.63) is 0 Å². The van der Waals surface area contributed by atoms with Gasteiger partial charge in [-0.3, -0.25) is 4.84 Å². The first-order valence-electron chi connectivity index (χ1n) is 4.96. The Morgan fingerprint density at radius 1 is 1.47 bits per heavy atom. The standard InChI is InChI=1S/C10H21NO4/c1-8(6-12)7-14-11(5)9(13)15-10(2,3)4/h8,12H,6-7H2,1-5H3. The van der Waals surface area contributed by atoms with Crippen LogP contribution in [0, 0.1) is 5.92 Å². The number of amides is 1. The summed E-state index contributed by atoms with van der Waals surface area (Å²) in [5.41, 5.74) is -0.530. The van der Waals surface area contributed by atoms with Crippen molar-refractivity contribution in [1.29, 1.82) is 0 Å². The number of carbonyl (C=O) groups excluding carboxylic acids is 1. The predicted octanol–water partition coefficient (Wildman–Crippen LogP) is 1.41. The van der Waals surface area contributed by atoms with E-state index in [9.17, 15) is 4.79 Å². The third-order valence-electron chi connectivity index (χ3n) is 1.51. The molecule has 0 aliphatic carbocycles. The van der Waals surface area contributed by atoms with Crippen molar-refractivity contribution in [2.24, 2.45) is 5.92 Å². The van der Waals surface area contributed by atoms with Gasteiger partial charge in [-0.2, -0.15) is 5.06 Å². The highest BCUT2D eigenvalue weighted by atomic mass is 16.7. The average molecular weight is 219 g/mol. The van der Waals surface area contributed by atoms with Gasteiger partial charge in [0.1, 0.15) is 5.60 Å². The van der Waals surface area contributed by atoms with E-state index in [1.807, 2.05) is 6.92 Å². The van der Waals surface area contributed by atoms with Gasteiger partial charge in [0.05, 0.1) is 6.61 Å². The van der Waals surface area contributed by atoms with E-state index >= 15 is 0 Å². The zero-order chi connectivity index (χ0) is 12.1. The van der Waals surface area contributed by atoms with Crippen molar-refractivity contribution in [2.45, 2.75) is 33.3 Å². The second-order valence-electron chi connectivity index (χ2n) is 4.56. The fourth-order valence-corrected chi connectivity index (χ4v) is 0.671. The molecule has 5 heteroatoms. The van der Waals surface area contributed by atoms with Crippen molar-refractivity contribution in [3.8, 4) is 0 Å². The van der Waals surface area contributed by atoms with Gasteiger partial charge in [0.15, 0.2) is 0 Å². The van der Waals surface area contributed by atoms with Crippen LogP contribution in [0.3, 0.4) is 0 Å². The summed E-state index contributed by atoms with van der Waals surface area (Å²) in [6.07, 6.45) is -0.535. The molecule has 0 spiro atoms. The number of hydrogen-bond acceptors (Lipinski definition) is 4. The predicted molar refractivity (Wildman–Crippen MR) is 56.2 cm³/mol. The van der Waals surface area contributed by atoms with Crippen LogP contribution in [0.15, 0.2) is 0 Å². The van der Waals surface area contributed by atoms with Crippen molar-refractivity contribution in [1.82, 2.24) is 5.06 Å². The Morgan fingerprint density at radius 2 is 2.00 bits per heavy atom. The number of ether oxygens (including phenoxy) is 1. The van der Waals surface area contributed by atoms with Crippen LogP contribution in [-0.4, -0.2) is 42.1 Å². The topological polar surface area (TPSA) is 59.0 Å². The van der Waals surface area contributed by atoms with Crippen LogP contribution < -0.4 is 0 Å². The highest BCUT2D eigenvalue weighted by Crippen LogP contribution is 2.09. The quantitative estimate of drug-likeness (QED) is 0.726. The van der Waals surface area contributed by atoms with Crippen LogP contribution in [0.1, 0.15) is 27.7 Å². The minimum Gasteiger partial charge on any atom is -0.442 e. The van der Waals surface area contributed by atoms with E-state index in [1.54, 1.807) is 20.8 Å². The van der Waals surface area contributed by atoms with Gasteiger partial charge in [-0.1, -0.05) is 6.92 Å². The van der Waals surface area contributed by atoms with Crippen LogP contribution in [-0.2, 0) is 9.57 Å². The minimum absolute atomic E-state index is 0.00473.